The molecule has 32 heavy (non-hydrogen) atoms. The smallest absolute Gasteiger partial charge is 0.265 e. The maximum atomic E-state index is 13.7. The number of aromatic nitrogens is 2. The van der Waals surface area contributed by atoms with Crippen molar-refractivity contribution in [3.63, 3.8) is 0 Å². The Morgan fingerprint density at radius 2 is 1.94 bits per heavy atom. The molecule has 1 aliphatic rings. The average Bonchev–Trinajstić information content (AvgIpc) is 3.50. The molecule has 1 amide bonds. The van der Waals surface area contributed by atoms with Gasteiger partial charge in [0.1, 0.15) is 6.61 Å². The second kappa shape index (κ2) is 8.96. The van der Waals surface area contributed by atoms with Crippen LogP contribution < -0.4 is 15.0 Å². The van der Waals surface area contributed by atoms with Crippen LogP contribution in [0.25, 0.3) is 11.0 Å². The quantitative estimate of drug-likeness (QED) is 0.431. The van der Waals surface area contributed by atoms with Crippen molar-refractivity contribution in [3.05, 3.63) is 64.1 Å². The van der Waals surface area contributed by atoms with Gasteiger partial charge in [-0.25, -0.2) is 9.02 Å². The summed E-state index contributed by atoms with van der Waals surface area (Å²) in [5.74, 6) is -0.500. The fourth-order valence-corrected chi connectivity index (χ4v) is 4.61. The second-order valence-corrected chi connectivity index (χ2v) is 8.55. The van der Waals surface area contributed by atoms with E-state index in [9.17, 15) is 9.18 Å². The van der Waals surface area contributed by atoms with Crippen LogP contribution in [0.4, 0.5) is 15.8 Å². The molecule has 2 aromatic heterocycles. The Morgan fingerprint density at radius 3 is 2.78 bits per heavy atom. The maximum absolute atomic E-state index is 13.7. The van der Waals surface area contributed by atoms with Gasteiger partial charge in [-0.3, -0.25) is 4.79 Å². The molecule has 7 nitrogen and oxygen atoms in total. The number of carbonyl (C=O) groups excluding carboxylic acids is 1. The number of ether oxygens (including phenoxy) is 1. The molecule has 1 saturated heterocycles. The minimum absolute atomic E-state index is 0.173. The number of piperidine rings is 1. The van der Waals surface area contributed by atoms with Gasteiger partial charge < -0.3 is 15.0 Å². The van der Waals surface area contributed by atoms with Crippen molar-refractivity contribution in [3.8, 4) is 5.75 Å². The highest BCUT2D eigenvalue weighted by Gasteiger charge is 2.20. The van der Waals surface area contributed by atoms with Gasteiger partial charge in [-0.15, -0.1) is 11.3 Å². The van der Waals surface area contributed by atoms with Gasteiger partial charge in [0.2, 0.25) is 0 Å². The summed E-state index contributed by atoms with van der Waals surface area (Å²) in [7, 11) is 0. The zero-order chi connectivity index (χ0) is 21.9. The van der Waals surface area contributed by atoms with Crippen LogP contribution in [-0.4, -0.2) is 29.3 Å². The van der Waals surface area contributed by atoms with Crippen LogP contribution >= 0.6 is 11.3 Å². The zero-order valence-electron chi connectivity index (χ0n) is 17.2. The highest BCUT2D eigenvalue weighted by Crippen LogP contribution is 2.32. The number of nitrogens with zero attached hydrogens (tertiary/aromatic N) is 3. The lowest BCUT2D eigenvalue weighted by molar-refractivity contribution is 0.103. The van der Waals surface area contributed by atoms with E-state index in [2.05, 4.69) is 20.5 Å². The van der Waals surface area contributed by atoms with Gasteiger partial charge in [-0.05, 0) is 65.3 Å². The Morgan fingerprint density at radius 1 is 1.12 bits per heavy atom. The van der Waals surface area contributed by atoms with Crippen molar-refractivity contribution >= 4 is 39.7 Å². The Bertz CT molecular complexity index is 1250. The molecule has 0 spiro atoms. The molecule has 0 bridgehead atoms. The van der Waals surface area contributed by atoms with Crippen molar-refractivity contribution in [2.75, 3.05) is 23.3 Å². The second-order valence-electron chi connectivity index (χ2n) is 7.63. The number of benzene rings is 2. The number of carbonyl (C=O) groups is 1. The van der Waals surface area contributed by atoms with E-state index in [1.165, 1.54) is 23.8 Å². The highest BCUT2D eigenvalue weighted by atomic mass is 32.1. The van der Waals surface area contributed by atoms with Gasteiger partial charge in [-0.2, -0.15) is 0 Å². The van der Waals surface area contributed by atoms with Crippen molar-refractivity contribution in [1.82, 2.24) is 10.3 Å². The summed E-state index contributed by atoms with van der Waals surface area (Å²) in [6.45, 7) is 2.12. The fraction of sp³-hybridized carbons (Fsp3) is 0.261. The molecule has 5 rings (SSSR count). The van der Waals surface area contributed by atoms with E-state index in [4.69, 9.17) is 9.37 Å². The van der Waals surface area contributed by atoms with Crippen LogP contribution in [0.15, 0.2) is 52.5 Å². The van der Waals surface area contributed by atoms with Gasteiger partial charge in [0.15, 0.2) is 22.6 Å². The largest absolute Gasteiger partial charge is 0.486 e. The van der Waals surface area contributed by atoms with E-state index in [1.807, 2.05) is 17.5 Å². The van der Waals surface area contributed by atoms with E-state index < -0.39 is 5.82 Å². The number of thiophene rings is 1. The van der Waals surface area contributed by atoms with Crippen LogP contribution in [0.3, 0.4) is 0 Å². The van der Waals surface area contributed by atoms with Gasteiger partial charge >= 0.3 is 0 Å². The number of amides is 1. The van der Waals surface area contributed by atoms with Crippen LogP contribution in [0.5, 0.6) is 5.75 Å². The number of hydrogen-bond acceptors (Lipinski definition) is 7. The Hall–Kier alpha value is -3.46. The summed E-state index contributed by atoms with van der Waals surface area (Å²) in [5.41, 5.74) is 3.49. The third kappa shape index (κ3) is 4.16. The molecule has 0 unspecified atom stereocenters. The summed E-state index contributed by atoms with van der Waals surface area (Å²) in [6, 6.07) is 11.8. The first-order valence-electron chi connectivity index (χ1n) is 10.5. The first-order chi connectivity index (χ1) is 15.7. The van der Waals surface area contributed by atoms with Crippen molar-refractivity contribution < 1.29 is 18.6 Å². The molecular formula is C23H21FN4O3S. The Labute approximate surface area is 187 Å². The van der Waals surface area contributed by atoms with Gasteiger partial charge in [0, 0.05) is 18.7 Å². The molecule has 0 saturated carbocycles. The molecule has 164 valence electrons. The molecular weight excluding hydrogens is 431 g/mol. The number of para-hydroxylation sites is 1. The molecule has 1 aliphatic heterocycles. The summed E-state index contributed by atoms with van der Waals surface area (Å²) in [4.78, 5) is 15.6. The zero-order valence-corrected chi connectivity index (χ0v) is 18.0. The van der Waals surface area contributed by atoms with Crippen LogP contribution in [0.1, 0.15) is 34.5 Å². The molecule has 3 heterocycles. The van der Waals surface area contributed by atoms with Crippen LogP contribution in [-0.2, 0) is 6.61 Å². The summed E-state index contributed by atoms with van der Waals surface area (Å²) < 4.78 is 24.2. The fourth-order valence-electron chi connectivity index (χ4n) is 3.82. The number of fused-ring (bicyclic) bond motifs is 1. The van der Waals surface area contributed by atoms with Crippen molar-refractivity contribution in [1.29, 1.82) is 0 Å². The Balaban J connectivity index is 1.29. The number of anilines is 2. The summed E-state index contributed by atoms with van der Waals surface area (Å²) in [6.07, 6.45) is 3.53. The SMILES string of the molecule is O=C(Nc1ccc(N2CCCCC2)c2nonc12)c1cc(COc2ccccc2F)cs1. The van der Waals surface area contributed by atoms with E-state index in [0.29, 0.717) is 21.6 Å². The Kier molecular flexibility index (Phi) is 5.72. The molecule has 4 aromatic rings. The van der Waals surface area contributed by atoms with Crippen LogP contribution in [0, 0.1) is 5.82 Å². The topological polar surface area (TPSA) is 80.5 Å². The van der Waals surface area contributed by atoms with Crippen molar-refractivity contribution in [2.45, 2.75) is 25.9 Å². The molecule has 0 atom stereocenters. The third-order valence-corrected chi connectivity index (χ3v) is 6.43. The van der Waals surface area contributed by atoms with E-state index in [1.54, 1.807) is 24.3 Å². The first kappa shape index (κ1) is 20.4. The first-order valence-corrected chi connectivity index (χ1v) is 11.3. The van der Waals surface area contributed by atoms with Gasteiger partial charge in [-0.1, -0.05) is 12.1 Å². The molecule has 0 aliphatic carbocycles. The number of hydrogen-bond donors (Lipinski definition) is 1. The molecule has 0 radical (unpaired) electrons. The number of halogens is 1. The predicted octanol–water partition coefficient (Wildman–Crippen LogP) is 5.25. The van der Waals surface area contributed by atoms with Gasteiger partial charge in [0.25, 0.3) is 5.91 Å². The van der Waals surface area contributed by atoms with Gasteiger partial charge in [0.05, 0.1) is 16.3 Å². The third-order valence-electron chi connectivity index (χ3n) is 5.45. The highest BCUT2D eigenvalue weighted by molar-refractivity contribution is 7.12. The number of rotatable bonds is 6. The standard InChI is InChI=1S/C23H21FN4O3S/c24-16-6-2-3-7-19(16)30-13-15-12-20(32-14-15)23(29)25-17-8-9-18(22-21(17)26-31-27-22)28-10-4-1-5-11-28/h2-3,6-9,12,14H,1,4-5,10-11,13H2,(H,25,29). The van der Waals surface area contributed by atoms with Crippen LogP contribution in [0.2, 0.25) is 0 Å². The molecule has 1 N–H and O–H groups in total. The minimum Gasteiger partial charge on any atom is -0.486 e. The lowest BCUT2D eigenvalue weighted by Gasteiger charge is -2.28. The molecule has 2 aromatic carbocycles. The normalized spacial score (nSPS) is 14.0. The van der Waals surface area contributed by atoms with Crippen molar-refractivity contribution in [2.24, 2.45) is 0 Å². The van der Waals surface area contributed by atoms with E-state index in [-0.39, 0.29) is 18.3 Å². The predicted molar refractivity (Wildman–Crippen MR) is 121 cm³/mol. The lowest BCUT2D eigenvalue weighted by Crippen LogP contribution is -2.29. The monoisotopic (exact) mass is 452 g/mol. The lowest BCUT2D eigenvalue weighted by atomic mass is 10.1. The number of nitrogens with one attached hydrogen (secondary N) is 1. The van der Waals surface area contributed by atoms with E-state index >= 15 is 0 Å². The maximum Gasteiger partial charge on any atom is 0.265 e. The molecule has 9 heteroatoms. The van der Waals surface area contributed by atoms with E-state index in [0.717, 1.165) is 37.2 Å². The summed E-state index contributed by atoms with van der Waals surface area (Å²) >= 11 is 1.30. The average molecular weight is 453 g/mol. The molecule has 1 fully saturated rings. The minimum atomic E-state index is -0.418. The summed E-state index contributed by atoms with van der Waals surface area (Å²) in [5, 5.41) is 12.8.